The Balaban J connectivity index is 1.67. The summed E-state index contributed by atoms with van der Waals surface area (Å²) in [5, 5.41) is 3.48. The highest BCUT2D eigenvalue weighted by Gasteiger charge is 2.18. The molecule has 0 saturated carbocycles. The molecule has 1 amide bonds. The highest BCUT2D eigenvalue weighted by atomic mass is 35.5. The van der Waals surface area contributed by atoms with Crippen molar-refractivity contribution in [2.75, 3.05) is 20.3 Å². The maximum Gasteiger partial charge on any atom is 0.254 e. The minimum atomic E-state index is -0.0468. The monoisotopic (exact) mass is 472 g/mol. The van der Waals surface area contributed by atoms with Gasteiger partial charge in [-0.3, -0.25) is 4.79 Å². The summed E-state index contributed by atoms with van der Waals surface area (Å²) in [6.45, 7) is 6.32. The van der Waals surface area contributed by atoms with E-state index >= 15 is 0 Å². The number of carbonyl (C=O) groups excluding carboxylic acids is 1. The molecule has 0 bridgehead atoms. The first kappa shape index (κ1) is 24.2. The van der Waals surface area contributed by atoms with Gasteiger partial charge in [0.2, 0.25) is 0 Å². The Morgan fingerprint density at radius 3 is 2.62 bits per heavy atom. The van der Waals surface area contributed by atoms with Crippen LogP contribution in [0.1, 0.15) is 52.8 Å². The van der Waals surface area contributed by atoms with E-state index in [1.807, 2.05) is 23.6 Å². The minimum absolute atomic E-state index is 0.0468. The van der Waals surface area contributed by atoms with Gasteiger partial charge in [-0.2, -0.15) is 0 Å². The van der Waals surface area contributed by atoms with E-state index in [-0.39, 0.29) is 5.91 Å². The second-order valence-electron chi connectivity index (χ2n) is 7.79. The number of methoxy groups -OCH3 is 1. The third kappa shape index (κ3) is 6.79. The van der Waals surface area contributed by atoms with Gasteiger partial charge >= 0.3 is 0 Å². The molecule has 0 fully saturated rings. The number of carbonyl (C=O) groups is 1. The van der Waals surface area contributed by atoms with Crippen LogP contribution < -0.4 is 4.74 Å². The van der Waals surface area contributed by atoms with Gasteiger partial charge in [0.05, 0.1) is 12.2 Å². The van der Waals surface area contributed by atoms with Crippen molar-refractivity contribution in [2.45, 2.75) is 39.3 Å². The van der Waals surface area contributed by atoms with Crippen molar-refractivity contribution in [1.29, 1.82) is 0 Å². The summed E-state index contributed by atoms with van der Waals surface area (Å²) in [6.07, 6.45) is 0.752. The van der Waals surface area contributed by atoms with Crippen LogP contribution in [0.3, 0.4) is 0 Å². The molecule has 3 aromatic rings. The van der Waals surface area contributed by atoms with E-state index in [1.54, 1.807) is 47.6 Å². The van der Waals surface area contributed by atoms with Crippen molar-refractivity contribution in [2.24, 2.45) is 0 Å². The first-order chi connectivity index (χ1) is 15.5. The van der Waals surface area contributed by atoms with E-state index in [0.29, 0.717) is 42.8 Å². The van der Waals surface area contributed by atoms with Gasteiger partial charge in [0, 0.05) is 36.2 Å². The molecular formula is C25H29ClN2O3S. The topological polar surface area (TPSA) is 51.7 Å². The molecule has 2 aromatic carbocycles. The van der Waals surface area contributed by atoms with Gasteiger partial charge in [0.25, 0.3) is 5.91 Å². The Bertz CT molecular complexity index is 1000. The standard InChI is InChI=1S/C25H29ClN2O3S/c1-18(2)22-7-4-5-8-23(22)31-16-24-27-21(17-32-24)15-28(13-6-14-30-3)25(29)19-9-11-20(26)12-10-19/h4-5,7-12,17-18H,6,13-16H2,1-3H3. The van der Waals surface area contributed by atoms with E-state index in [2.05, 4.69) is 19.9 Å². The van der Waals surface area contributed by atoms with Gasteiger partial charge in [0.15, 0.2) is 0 Å². The summed E-state index contributed by atoms with van der Waals surface area (Å²) < 4.78 is 11.2. The molecule has 1 aromatic heterocycles. The summed E-state index contributed by atoms with van der Waals surface area (Å²) >= 11 is 7.52. The van der Waals surface area contributed by atoms with Crippen LogP contribution in [0.25, 0.3) is 0 Å². The van der Waals surface area contributed by atoms with Crippen molar-refractivity contribution in [3.05, 3.63) is 80.8 Å². The van der Waals surface area contributed by atoms with Crippen LogP contribution in [0.4, 0.5) is 0 Å². The van der Waals surface area contributed by atoms with Crippen molar-refractivity contribution in [1.82, 2.24) is 9.88 Å². The first-order valence-corrected chi connectivity index (χ1v) is 11.9. The van der Waals surface area contributed by atoms with E-state index < -0.39 is 0 Å². The highest BCUT2D eigenvalue weighted by molar-refractivity contribution is 7.09. The lowest BCUT2D eigenvalue weighted by Gasteiger charge is -2.22. The molecule has 0 radical (unpaired) electrons. The molecule has 7 heteroatoms. The van der Waals surface area contributed by atoms with E-state index in [9.17, 15) is 4.79 Å². The van der Waals surface area contributed by atoms with Crippen LogP contribution in [0, 0.1) is 0 Å². The molecule has 0 atom stereocenters. The minimum Gasteiger partial charge on any atom is -0.486 e. The fourth-order valence-electron chi connectivity index (χ4n) is 3.34. The molecule has 5 nitrogen and oxygen atoms in total. The van der Waals surface area contributed by atoms with Gasteiger partial charge in [-0.1, -0.05) is 43.6 Å². The quantitative estimate of drug-likeness (QED) is 0.313. The summed E-state index contributed by atoms with van der Waals surface area (Å²) in [5.41, 5.74) is 2.64. The number of rotatable bonds is 11. The van der Waals surface area contributed by atoms with Crippen molar-refractivity contribution >= 4 is 28.8 Å². The molecule has 0 aliphatic carbocycles. The van der Waals surface area contributed by atoms with Crippen LogP contribution in [-0.2, 0) is 17.9 Å². The van der Waals surface area contributed by atoms with Gasteiger partial charge in [-0.25, -0.2) is 4.98 Å². The van der Waals surface area contributed by atoms with Gasteiger partial charge < -0.3 is 14.4 Å². The fraction of sp³-hybridized carbons (Fsp3) is 0.360. The number of nitrogens with zero attached hydrogens (tertiary/aromatic N) is 2. The van der Waals surface area contributed by atoms with E-state index in [0.717, 1.165) is 22.9 Å². The molecule has 3 rings (SSSR count). The predicted octanol–water partition coefficient (Wildman–Crippen LogP) is 6.18. The number of hydrogen-bond acceptors (Lipinski definition) is 5. The first-order valence-electron chi connectivity index (χ1n) is 10.7. The number of halogens is 1. The average Bonchev–Trinajstić information content (AvgIpc) is 3.24. The second kappa shape index (κ2) is 12.0. The molecule has 0 aliphatic rings. The third-order valence-corrected chi connectivity index (χ3v) is 6.12. The molecular weight excluding hydrogens is 444 g/mol. The second-order valence-corrected chi connectivity index (χ2v) is 9.17. The summed E-state index contributed by atoms with van der Waals surface area (Å²) in [7, 11) is 1.66. The number of ether oxygens (including phenoxy) is 2. The zero-order valence-corrected chi connectivity index (χ0v) is 20.3. The lowest BCUT2D eigenvalue weighted by atomic mass is 10.0. The summed E-state index contributed by atoms with van der Waals surface area (Å²) in [6, 6.07) is 15.1. The molecule has 0 spiro atoms. The van der Waals surface area contributed by atoms with Crippen LogP contribution >= 0.6 is 22.9 Å². The molecule has 0 saturated heterocycles. The van der Waals surface area contributed by atoms with Crippen LogP contribution in [0.15, 0.2) is 53.9 Å². The third-order valence-electron chi connectivity index (χ3n) is 5.00. The van der Waals surface area contributed by atoms with E-state index in [1.165, 1.54) is 5.56 Å². The van der Waals surface area contributed by atoms with Crippen LogP contribution in [-0.4, -0.2) is 36.1 Å². The normalized spacial score (nSPS) is 11.0. The maximum atomic E-state index is 13.1. The van der Waals surface area contributed by atoms with Crippen molar-refractivity contribution in [3.8, 4) is 5.75 Å². The Labute approximate surface area is 199 Å². The SMILES string of the molecule is COCCCN(Cc1csc(COc2ccccc2C(C)C)n1)C(=O)c1ccc(Cl)cc1. The summed E-state index contributed by atoms with van der Waals surface area (Å²) in [5.74, 6) is 1.23. The van der Waals surface area contributed by atoms with Crippen molar-refractivity contribution < 1.29 is 14.3 Å². The predicted molar refractivity (Wildman–Crippen MR) is 130 cm³/mol. The van der Waals surface area contributed by atoms with Crippen LogP contribution in [0.2, 0.25) is 5.02 Å². The fourth-order valence-corrected chi connectivity index (χ4v) is 4.16. The van der Waals surface area contributed by atoms with Gasteiger partial charge in [-0.05, 0) is 48.2 Å². The number of para-hydroxylation sites is 1. The molecule has 0 N–H and O–H groups in total. The summed E-state index contributed by atoms with van der Waals surface area (Å²) in [4.78, 5) is 19.6. The number of amides is 1. The van der Waals surface area contributed by atoms with Crippen LogP contribution in [0.5, 0.6) is 5.75 Å². The van der Waals surface area contributed by atoms with Crippen molar-refractivity contribution in [3.63, 3.8) is 0 Å². The van der Waals surface area contributed by atoms with Gasteiger partial charge in [0.1, 0.15) is 17.4 Å². The molecule has 0 aliphatic heterocycles. The molecule has 170 valence electrons. The highest BCUT2D eigenvalue weighted by Crippen LogP contribution is 2.27. The van der Waals surface area contributed by atoms with Gasteiger partial charge in [-0.15, -0.1) is 11.3 Å². The Morgan fingerprint density at radius 2 is 1.91 bits per heavy atom. The zero-order chi connectivity index (χ0) is 22.9. The lowest BCUT2D eigenvalue weighted by molar-refractivity contribution is 0.0721. The Kier molecular flexibility index (Phi) is 9.09. The Morgan fingerprint density at radius 1 is 1.16 bits per heavy atom. The zero-order valence-electron chi connectivity index (χ0n) is 18.7. The lowest BCUT2D eigenvalue weighted by Crippen LogP contribution is -2.32. The molecule has 32 heavy (non-hydrogen) atoms. The number of aromatic nitrogens is 1. The molecule has 0 unspecified atom stereocenters. The average molecular weight is 473 g/mol. The van der Waals surface area contributed by atoms with E-state index in [4.69, 9.17) is 26.1 Å². The number of hydrogen-bond donors (Lipinski definition) is 0. The maximum absolute atomic E-state index is 13.1. The smallest absolute Gasteiger partial charge is 0.254 e. The largest absolute Gasteiger partial charge is 0.486 e. The number of benzene rings is 2. The number of thiazole rings is 1. The Hall–Kier alpha value is -2.41. The molecule has 1 heterocycles.